The lowest BCUT2D eigenvalue weighted by Gasteiger charge is -2.07. The Morgan fingerprint density at radius 2 is 2.21 bits per heavy atom. The molecule has 0 saturated carbocycles. The summed E-state index contributed by atoms with van der Waals surface area (Å²) in [7, 11) is 0. The Morgan fingerprint density at radius 3 is 2.84 bits per heavy atom. The van der Waals surface area contributed by atoms with Crippen molar-refractivity contribution < 1.29 is 9.90 Å². The fourth-order valence-electron chi connectivity index (χ4n) is 1.81. The molecule has 19 heavy (non-hydrogen) atoms. The number of nitrogens with one attached hydrogen (secondary N) is 1. The summed E-state index contributed by atoms with van der Waals surface area (Å²) in [5.74, 6) is -1.17. The number of aromatic nitrogens is 3. The lowest BCUT2D eigenvalue weighted by Crippen LogP contribution is -2.31. The maximum Gasteiger partial charge on any atom is 0.337 e. The van der Waals surface area contributed by atoms with Gasteiger partial charge in [0.25, 0.3) is 5.56 Å². The Balaban J connectivity index is 2.73. The summed E-state index contributed by atoms with van der Waals surface area (Å²) in [5, 5.41) is 8.99. The Labute approximate surface area is 107 Å². The highest BCUT2D eigenvalue weighted by molar-refractivity contribution is 5.91. The van der Waals surface area contributed by atoms with Crippen molar-refractivity contribution in [2.45, 2.75) is 26.3 Å². The number of pyridine rings is 1. The molecule has 2 heterocycles. The highest BCUT2D eigenvalue weighted by Crippen LogP contribution is 2.08. The summed E-state index contributed by atoms with van der Waals surface area (Å²) in [4.78, 5) is 40.4. The monoisotopic (exact) mass is 263 g/mol. The van der Waals surface area contributed by atoms with Crippen molar-refractivity contribution in [3.63, 3.8) is 0 Å². The second-order valence-electron chi connectivity index (χ2n) is 4.16. The van der Waals surface area contributed by atoms with E-state index in [9.17, 15) is 14.4 Å². The van der Waals surface area contributed by atoms with E-state index in [1.165, 1.54) is 10.6 Å². The van der Waals surface area contributed by atoms with Gasteiger partial charge in [-0.2, -0.15) is 0 Å². The lowest BCUT2D eigenvalue weighted by atomic mass is 10.2. The normalized spacial score (nSPS) is 10.8. The zero-order valence-corrected chi connectivity index (χ0v) is 10.3. The van der Waals surface area contributed by atoms with Gasteiger partial charge in [-0.3, -0.25) is 14.3 Å². The number of aryl methyl sites for hydroxylation is 1. The van der Waals surface area contributed by atoms with Crippen LogP contribution in [0.4, 0.5) is 0 Å². The molecule has 0 aliphatic heterocycles. The van der Waals surface area contributed by atoms with Gasteiger partial charge in [0.1, 0.15) is 5.65 Å². The maximum atomic E-state index is 11.7. The maximum absolute atomic E-state index is 11.7. The van der Waals surface area contributed by atoms with Gasteiger partial charge < -0.3 is 5.11 Å². The average molecular weight is 263 g/mol. The van der Waals surface area contributed by atoms with Gasteiger partial charge in [-0.1, -0.05) is 13.3 Å². The van der Waals surface area contributed by atoms with Gasteiger partial charge in [0, 0.05) is 12.7 Å². The van der Waals surface area contributed by atoms with E-state index < -0.39 is 17.2 Å². The number of fused-ring (bicyclic) bond motifs is 1. The quantitative estimate of drug-likeness (QED) is 0.839. The van der Waals surface area contributed by atoms with Crippen LogP contribution in [0.5, 0.6) is 0 Å². The number of aromatic amines is 1. The van der Waals surface area contributed by atoms with Crippen LogP contribution < -0.4 is 11.2 Å². The summed E-state index contributed by atoms with van der Waals surface area (Å²) in [6.45, 7) is 2.41. The van der Waals surface area contributed by atoms with E-state index in [4.69, 9.17) is 5.11 Å². The molecule has 0 aliphatic carbocycles. The average Bonchev–Trinajstić information content (AvgIpc) is 2.38. The molecule has 0 unspecified atom stereocenters. The van der Waals surface area contributed by atoms with Crippen LogP contribution >= 0.6 is 0 Å². The van der Waals surface area contributed by atoms with E-state index in [0.29, 0.717) is 6.54 Å². The summed E-state index contributed by atoms with van der Waals surface area (Å²) < 4.78 is 1.35. The van der Waals surface area contributed by atoms with E-state index in [1.54, 1.807) is 0 Å². The number of hydrogen-bond acceptors (Lipinski definition) is 4. The molecule has 2 rings (SSSR count). The predicted octanol–water partition coefficient (Wildman–Crippen LogP) is 0.583. The minimum Gasteiger partial charge on any atom is -0.478 e. The van der Waals surface area contributed by atoms with Crippen molar-refractivity contribution in [3.05, 3.63) is 38.7 Å². The van der Waals surface area contributed by atoms with E-state index in [-0.39, 0.29) is 16.6 Å². The summed E-state index contributed by atoms with van der Waals surface area (Å²) in [6, 6.07) is 1.23. The van der Waals surface area contributed by atoms with E-state index in [0.717, 1.165) is 19.0 Å². The minimum atomic E-state index is -1.17. The van der Waals surface area contributed by atoms with Gasteiger partial charge in [0.2, 0.25) is 0 Å². The van der Waals surface area contributed by atoms with Gasteiger partial charge in [0.15, 0.2) is 0 Å². The first kappa shape index (κ1) is 13.0. The molecule has 0 amide bonds. The number of H-pyrrole nitrogens is 1. The zero-order valence-electron chi connectivity index (χ0n) is 10.3. The van der Waals surface area contributed by atoms with Crippen molar-refractivity contribution in [1.82, 2.24) is 14.5 Å². The van der Waals surface area contributed by atoms with Gasteiger partial charge >= 0.3 is 11.7 Å². The summed E-state index contributed by atoms with van der Waals surface area (Å²) in [5.41, 5.74) is -1.02. The molecule has 7 nitrogen and oxygen atoms in total. The molecular weight excluding hydrogens is 250 g/mol. The van der Waals surface area contributed by atoms with Crippen molar-refractivity contribution in [3.8, 4) is 0 Å². The molecule has 2 N–H and O–H groups in total. The fraction of sp³-hybridized carbons (Fsp3) is 0.333. The lowest BCUT2D eigenvalue weighted by molar-refractivity contribution is 0.0696. The molecule has 0 aromatic carbocycles. The highest BCUT2D eigenvalue weighted by Gasteiger charge is 2.11. The summed E-state index contributed by atoms with van der Waals surface area (Å²) in [6.07, 6.45) is 2.80. The molecule has 0 radical (unpaired) electrons. The molecule has 0 spiro atoms. The SMILES string of the molecule is CCCCn1c(=O)[nH]c(=O)c2cc(C(=O)O)cnc21. The number of carboxylic acids is 1. The molecule has 2 aromatic rings. The molecule has 0 saturated heterocycles. The minimum absolute atomic E-state index is 0.0845. The van der Waals surface area contributed by atoms with Crippen LogP contribution in [-0.4, -0.2) is 25.6 Å². The van der Waals surface area contributed by atoms with Crippen LogP contribution in [-0.2, 0) is 6.54 Å². The zero-order chi connectivity index (χ0) is 14.0. The number of hydrogen-bond donors (Lipinski definition) is 2. The Hall–Kier alpha value is -2.44. The van der Waals surface area contributed by atoms with Crippen molar-refractivity contribution in [2.24, 2.45) is 0 Å². The third-order valence-corrected chi connectivity index (χ3v) is 2.81. The first-order chi connectivity index (χ1) is 9.04. The van der Waals surface area contributed by atoms with Gasteiger partial charge in [0.05, 0.1) is 10.9 Å². The Morgan fingerprint density at radius 1 is 1.47 bits per heavy atom. The summed E-state index contributed by atoms with van der Waals surface area (Å²) >= 11 is 0. The van der Waals surface area contributed by atoms with Crippen molar-refractivity contribution in [2.75, 3.05) is 0 Å². The Kier molecular flexibility index (Phi) is 3.46. The second kappa shape index (κ2) is 5.05. The van der Waals surface area contributed by atoms with Gasteiger partial charge in [-0.25, -0.2) is 14.6 Å². The number of carboxylic acid groups (broad SMARTS) is 1. The predicted molar refractivity (Wildman–Crippen MR) is 68.5 cm³/mol. The van der Waals surface area contributed by atoms with Crippen LogP contribution in [0.25, 0.3) is 11.0 Å². The molecule has 0 fully saturated rings. The molecule has 2 aromatic heterocycles. The van der Waals surface area contributed by atoms with Crippen LogP contribution in [0, 0.1) is 0 Å². The van der Waals surface area contributed by atoms with Crippen LogP contribution in [0.2, 0.25) is 0 Å². The highest BCUT2D eigenvalue weighted by atomic mass is 16.4. The fourth-order valence-corrected chi connectivity index (χ4v) is 1.81. The molecule has 0 aliphatic rings. The number of unbranched alkanes of at least 4 members (excludes halogenated alkanes) is 1. The van der Waals surface area contributed by atoms with Crippen molar-refractivity contribution >= 4 is 17.0 Å². The number of rotatable bonds is 4. The van der Waals surface area contributed by atoms with Gasteiger partial charge in [-0.15, -0.1) is 0 Å². The molecule has 100 valence electrons. The van der Waals surface area contributed by atoms with Gasteiger partial charge in [-0.05, 0) is 12.5 Å². The number of aromatic carboxylic acids is 1. The largest absolute Gasteiger partial charge is 0.478 e. The third-order valence-electron chi connectivity index (χ3n) is 2.81. The molecular formula is C12H13N3O4. The van der Waals surface area contributed by atoms with E-state index in [1.807, 2.05) is 6.92 Å². The van der Waals surface area contributed by atoms with E-state index in [2.05, 4.69) is 9.97 Å². The molecule has 0 atom stereocenters. The Bertz CT molecular complexity index is 745. The number of carbonyl (C=O) groups is 1. The third kappa shape index (κ3) is 2.40. The standard InChI is InChI=1S/C12H13N3O4/c1-2-3-4-15-9-8(10(16)14-12(15)19)5-7(6-13-9)11(17)18/h5-6H,2-4H2,1H3,(H,17,18)(H,14,16,19). The second-order valence-corrected chi connectivity index (χ2v) is 4.16. The van der Waals surface area contributed by atoms with Crippen molar-refractivity contribution in [1.29, 1.82) is 0 Å². The smallest absolute Gasteiger partial charge is 0.337 e. The first-order valence-electron chi connectivity index (χ1n) is 5.90. The molecule has 7 heteroatoms. The topological polar surface area (TPSA) is 105 Å². The first-order valence-corrected chi connectivity index (χ1v) is 5.90. The van der Waals surface area contributed by atoms with Crippen LogP contribution in [0.1, 0.15) is 30.1 Å². The van der Waals surface area contributed by atoms with E-state index >= 15 is 0 Å². The molecule has 0 bridgehead atoms. The number of nitrogens with zero attached hydrogens (tertiary/aromatic N) is 2. The van der Waals surface area contributed by atoms with Crippen LogP contribution in [0.3, 0.4) is 0 Å². The van der Waals surface area contributed by atoms with Crippen LogP contribution in [0.15, 0.2) is 21.9 Å².